The first-order chi connectivity index (χ1) is 10.2. The molecular formula is C13H22N6OS. The minimum Gasteiger partial charge on any atom is -0.368 e. The molecule has 2 saturated carbocycles. The first-order valence-corrected chi connectivity index (χ1v) is 8.55. The molecule has 1 unspecified atom stereocenters. The highest BCUT2D eigenvalue weighted by atomic mass is 32.2. The SMILES string of the molecule is CNC(CSc1nnnn1C1CCCC1)(C(N)=O)C1CC1. The molecule has 2 fully saturated rings. The van der Waals surface area contributed by atoms with Crippen molar-refractivity contribution in [3.8, 4) is 0 Å². The molecule has 1 aromatic rings. The van der Waals surface area contributed by atoms with Crippen LogP contribution in [0.3, 0.4) is 0 Å². The summed E-state index contributed by atoms with van der Waals surface area (Å²) in [5, 5.41) is 16.0. The van der Waals surface area contributed by atoms with Crippen LogP contribution >= 0.6 is 11.8 Å². The molecule has 116 valence electrons. The van der Waals surface area contributed by atoms with Gasteiger partial charge in [0, 0.05) is 5.75 Å². The molecule has 2 aliphatic rings. The van der Waals surface area contributed by atoms with E-state index < -0.39 is 5.54 Å². The van der Waals surface area contributed by atoms with E-state index in [1.54, 1.807) is 0 Å². The van der Waals surface area contributed by atoms with E-state index in [0.29, 0.717) is 17.7 Å². The Labute approximate surface area is 128 Å². The molecule has 8 heteroatoms. The number of aromatic nitrogens is 4. The molecule has 2 aliphatic carbocycles. The molecule has 0 spiro atoms. The fourth-order valence-electron chi connectivity index (χ4n) is 3.20. The molecule has 0 radical (unpaired) electrons. The minimum atomic E-state index is -0.642. The summed E-state index contributed by atoms with van der Waals surface area (Å²) in [6, 6.07) is 0.404. The van der Waals surface area contributed by atoms with Gasteiger partial charge in [-0.25, -0.2) is 4.68 Å². The van der Waals surface area contributed by atoms with Gasteiger partial charge in [0.15, 0.2) is 0 Å². The van der Waals surface area contributed by atoms with Crippen LogP contribution in [0.1, 0.15) is 44.6 Å². The monoisotopic (exact) mass is 310 g/mol. The summed E-state index contributed by atoms with van der Waals surface area (Å²) in [6.07, 6.45) is 6.84. The third-order valence-electron chi connectivity index (χ3n) is 4.72. The molecule has 7 nitrogen and oxygen atoms in total. The molecule has 0 aliphatic heterocycles. The van der Waals surface area contributed by atoms with E-state index in [2.05, 4.69) is 20.8 Å². The third kappa shape index (κ3) is 2.78. The molecule has 0 saturated heterocycles. The van der Waals surface area contributed by atoms with Crippen LogP contribution in [0.15, 0.2) is 5.16 Å². The van der Waals surface area contributed by atoms with Gasteiger partial charge < -0.3 is 11.1 Å². The molecule has 3 rings (SSSR count). The predicted molar refractivity (Wildman–Crippen MR) is 79.8 cm³/mol. The quantitative estimate of drug-likeness (QED) is 0.721. The average molecular weight is 310 g/mol. The van der Waals surface area contributed by atoms with Crippen LogP contribution in [0.4, 0.5) is 0 Å². The summed E-state index contributed by atoms with van der Waals surface area (Å²) in [7, 11) is 1.81. The number of hydrogen-bond donors (Lipinski definition) is 2. The topological polar surface area (TPSA) is 98.7 Å². The minimum absolute atomic E-state index is 0.278. The van der Waals surface area contributed by atoms with Crippen LogP contribution in [0, 0.1) is 5.92 Å². The number of nitrogens with zero attached hydrogens (tertiary/aromatic N) is 4. The van der Waals surface area contributed by atoms with Gasteiger partial charge in [0.25, 0.3) is 0 Å². The van der Waals surface area contributed by atoms with E-state index in [0.717, 1.165) is 30.8 Å². The van der Waals surface area contributed by atoms with Gasteiger partial charge in [-0.15, -0.1) is 5.10 Å². The lowest BCUT2D eigenvalue weighted by molar-refractivity contribution is -0.124. The summed E-state index contributed by atoms with van der Waals surface area (Å²) in [5.41, 5.74) is 5.01. The van der Waals surface area contributed by atoms with E-state index in [1.165, 1.54) is 24.6 Å². The van der Waals surface area contributed by atoms with E-state index in [-0.39, 0.29) is 5.91 Å². The number of tetrazole rings is 1. The lowest BCUT2D eigenvalue weighted by Gasteiger charge is -2.29. The summed E-state index contributed by atoms with van der Waals surface area (Å²) < 4.78 is 1.92. The largest absolute Gasteiger partial charge is 0.368 e. The molecule has 1 amide bonds. The second-order valence-electron chi connectivity index (χ2n) is 5.99. The summed E-state index contributed by atoms with van der Waals surface area (Å²) in [4.78, 5) is 11.9. The zero-order valence-electron chi connectivity index (χ0n) is 12.3. The number of likely N-dealkylation sites (N-methyl/N-ethyl adjacent to an activating group) is 1. The van der Waals surface area contributed by atoms with Crippen molar-refractivity contribution >= 4 is 17.7 Å². The predicted octanol–water partition coefficient (Wildman–Crippen LogP) is 0.734. The fraction of sp³-hybridized carbons (Fsp3) is 0.846. The highest BCUT2D eigenvalue weighted by Crippen LogP contribution is 2.42. The van der Waals surface area contributed by atoms with E-state index in [9.17, 15) is 4.79 Å². The van der Waals surface area contributed by atoms with Gasteiger partial charge in [0.05, 0.1) is 6.04 Å². The maximum Gasteiger partial charge on any atom is 0.238 e. The number of hydrogen-bond acceptors (Lipinski definition) is 6. The second-order valence-corrected chi connectivity index (χ2v) is 6.94. The molecule has 0 aromatic carbocycles. The van der Waals surface area contributed by atoms with Crippen LogP contribution in [0.25, 0.3) is 0 Å². The lowest BCUT2D eigenvalue weighted by Crippen LogP contribution is -2.57. The Morgan fingerprint density at radius 1 is 1.43 bits per heavy atom. The first kappa shape index (κ1) is 14.8. The Morgan fingerprint density at radius 3 is 2.71 bits per heavy atom. The number of carbonyl (C=O) groups excluding carboxylic acids is 1. The van der Waals surface area contributed by atoms with Crippen LogP contribution in [-0.4, -0.2) is 44.5 Å². The Kier molecular flexibility index (Phi) is 4.17. The van der Waals surface area contributed by atoms with Crippen LogP contribution in [0.5, 0.6) is 0 Å². The Bertz CT molecular complexity index is 511. The smallest absolute Gasteiger partial charge is 0.238 e. The zero-order chi connectivity index (χ0) is 14.9. The van der Waals surface area contributed by atoms with Gasteiger partial charge in [0.2, 0.25) is 11.1 Å². The molecule has 3 N–H and O–H groups in total. The Hall–Kier alpha value is -1.15. The molecule has 1 heterocycles. The highest BCUT2D eigenvalue weighted by Gasteiger charge is 2.49. The molecule has 0 bridgehead atoms. The number of amides is 1. The maximum atomic E-state index is 11.9. The maximum absolute atomic E-state index is 11.9. The molecule has 1 aromatic heterocycles. The van der Waals surface area contributed by atoms with Crippen molar-refractivity contribution in [2.45, 2.75) is 55.3 Å². The van der Waals surface area contributed by atoms with Crippen molar-refractivity contribution in [1.82, 2.24) is 25.5 Å². The third-order valence-corrected chi connectivity index (χ3v) is 5.85. The normalized spacial score (nSPS) is 22.3. The Morgan fingerprint density at radius 2 is 2.14 bits per heavy atom. The number of rotatable bonds is 7. The summed E-state index contributed by atoms with van der Waals surface area (Å²) in [6.45, 7) is 0. The Balaban J connectivity index is 1.72. The van der Waals surface area contributed by atoms with Gasteiger partial charge in [-0.05, 0) is 49.1 Å². The molecule has 21 heavy (non-hydrogen) atoms. The van der Waals surface area contributed by atoms with Crippen molar-refractivity contribution in [2.24, 2.45) is 11.7 Å². The van der Waals surface area contributed by atoms with Crippen molar-refractivity contribution in [2.75, 3.05) is 12.8 Å². The van der Waals surface area contributed by atoms with Crippen molar-refractivity contribution in [1.29, 1.82) is 0 Å². The van der Waals surface area contributed by atoms with Gasteiger partial charge in [-0.3, -0.25) is 4.79 Å². The lowest BCUT2D eigenvalue weighted by atomic mass is 9.95. The zero-order valence-corrected chi connectivity index (χ0v) is 13.1. The fourth-order valence-corrected chi connectivity index (χ4v) is 4.49. The standard InChI is InChI=1S/C13H22N6OS/c1-15-13(11(14)20,9-6-7-9)8-21-12-16-17-18-19(12)10-4-2-3-5-10/h9-10,15H,2-8H2,1H3,(H2,14,20). The first-order valence-electron chi connectivity index (χ1n) is 7.57. The van der Waals surface area contributed by atoms with Gasteiger partial charge in [-0.2, -0.15) is 0 Å². The van der Waals surface area contributed by atoms with Crippen LogP contribution < -0.4 is 11.1 Å². The van der Waals surface area contributed by atoms with Crippen molar-refractivity contribution in [3.63, 3.8) is 0 Å². The van der Waals surface area contributed by atoms with Gasteiger partial charge >= 0.3 is 0 Å². The van der Waals surface area contributed by atoms with E-state index in [1.807, 2.05) is 11.7 Å². The van der Waals surface area contributed by atoms with Gasteiger partial charge in [0.1, 0.15) is 5.54 Å². The van der Waals surface area contributed by atoms with Crippen LogP contribution in [-0.2, 0) is 4.79 Å². The second kappa shape index (κ2) is 5.92. The van der Waals surface area contributed by atoms with Gasteiger partial charge in [-0.1, -0.05) is 24.6 Å². The van der Waals surface area contributed by atoms with E-state index in [4.69, 9.17) is 5.73 Å². The number of nitrogens with two attached hydrogens (primary N) is 1. The highest BCUT2D eigenvalue weighted by molar-refractivity contribution is 7.99. The number of primary amides is 1. The van der Waals surface area contributed by atoms with Crippen molar-refractivity contribution < 1.29 is 4.79 Å². The average Bonchev–Trinajstić information content (AvgIpc) is 3.01. The number of nitrogens with one attached hydrogen (secondary N) is 1. The summed E-state index contributed by atoms with van der Waals surface area (Å²) in [5.74, 6) is 0.638. The number of carbonyl (C=O) groups is 1. The number of thioether (sulfide) groups is 1. The molecular weight excluding hydrogens is 288 g/mol. The summed E-state index contributed by atoms with van der Waals surface area (Å²) >= 11 is 1.53. The van der Waals surface area contributed by atoms with Crippen molar-refractivity contribution in [3.05, 3.63) is 0 Å². The van der Waals surface area contributed by atoms with Crippen LogP contribution in [0.2, 0.25) is 0 Å². The molecule has 1 atom stereocenters. The van der Waals surface area contributed by atoms with E-state index >= 15 is 0 Å².